The molecule has 0 aromatic heterocycles. The van der Waals surface area contributed by atoms with E-state index in [0.717, 1.165) is 0 Å². The normalized spacial score (nSPS) is 55.6. The van der Waals surface area contributed by atoms with Crippen molar-refractivity contribution in [3.05, 3.63) is 0 Å². The fourth-order valence-corrected chi connectivity index (χ4v) is 7.27. The van der Waals surface area contributed by atoms with E-state index in [4.69, 9.17) is 23.7 Å². The van der Waals surface area contributed by atoms with Gasteiger partial charge >= 0.3 is 0 Å². The van der Waals surface area contributed by atoms with Gasteiger partial charge in [0.25, 0.3) is 0 Å². The van der Waals surface area contributed by atoms with E-state index >= 15 is 0 Å². The molecule has 0 spiro atoms. The Balaban J connectivity index is 1.40. The first-order valence-corrected chi connectivity index (χ1v) is 14.9. The summed E-state index contributed by atoms with van der Waals surface area (Å²) in [7, 11) is 0. The van der Waals surface area contributed by atoms with Crippen LogP contribution in [0.15, 0.2) is 0 Å². The standard InChI is InChI=1S/C27H46O15/c1-9-19(33)21(35)23(37)26(38-9)42-25-22(36)20(34)18(8-28)41-27(25)40-17-7-12-14(31)5-11(29)6-16(12)39-24(17)10-2-3-13(30)15(32)4-10/h9-37H,2-8H2,1H3/p+1/t9-,10?,11?,12?,13?,14?,15?,16?,17?,18+,19-,20+,21+,22-,23+,24?,25+,26-,27+/m0/s1. The number of aliphatic hydroxyl groups is 12. The predicted octanol–water partition coefficient (Wildman–Crippen LogP) is -4.65. The molecule has 5 aliphatic rings. The van der Waals surface area contributed by atoms with E-state index in [9.17, 15) is 51.1 Å². The molecule has 0 radical (unpaired) electrons. The molecule has 2 aliphatic carbocycles. The highest BCUT2D eigenvalue weighted by Crippen LogP contribution is 2.42. The Bertz CT molecular complexity index is 882. The van der Waals surface area contributed by atoms with Crippen molar-refractivity contribution in [2.45, 2.75) is 150 Å². The van der Waals surface area contributed by atoms with Crippen LogP contribution >= 0.6 is 0 Å². The fourth-order valence-electron chi connectivity index (χ4n) is 7.27. The van der Waals surface area contributed by atoms with Gasteiger partial charge in [-0.1, -0.05) is 0 Å². The molecule has 2 saturated carbocycles. The van der Waals surface area contributed by atoms with Gasteiger partial charge in [-0.3, -0.25) is 0 Å². The molecule has 42 heavy (non-hydrogen) atoms. The van der Waals surface area contributed by atoms with Gasteiger partial charge in [0.2, 0.25) is 0 Å². The van der Waals surface area contributed by atoms with Crippen LogP contribution in [0.25, 0.3) is 0 Å². The minimum atomic E-state index is -1.71. The molecule has 3 heterocycles. The fraction of sp³-hybridized carbons (Fsp3) is 1.00. The summed E-state index contributed by atoms with van der Waals surface area (Å²) < 4.78 is 28.6. The van der Waals surface area contributed by atoms with E-state index in [0.29, 0.717) is 19.3 Å². The van der Waals surface area contributed by atoms with Crippen molar-refractivity contribution in [3.8, 4) is 0 Å². The van der Waals surface area contributed by atoms with E-state index in [1.807, 2.05) is 0 Å². The van der Waals surface area contributed by atoms with Gasteiger partial charge in [0.05, 0.1) is 43.0 Å². The molecule has 5 fully saturated rings. The first-order valence-electron chi connectivity index (χ1n) is 14.9. The van der Waals surface area contributed by atoms with Crippen molar-refractivity contribution >= 4 is 0 Å². The first-order chi connectivity index (χ1) is 19.9. The minimum absolute atomic E-state index is 0.175. The Morgan fingerprint density at radius 2 is 1.43 bits per heavy atom. The van der Waals surface area contributed by atoms with Gasteiger partial charge in [-0.25, -0.2) is 0 Å². The second-order valence-corrected chi connectivity index (χ2v) is 12.7. The van der Waals surface area contributed by atoms with Crippen LogP contribution in [0.5, 0.6) is 0 Å². The number of fused-ring (bicyclic) bond motifs is 1. The second kappa shape index (κ2) is 13.4. The van der Waals surface area contributed by atoms with Crippen molar-refractivity contribution in [1.82, 2.24) is 0 Å². The maximum Gasteiger partial charge on any atom is 0.187 e. The topological polar surface area (TPSA) is 252 Å². The highest BCUT2D eigenvalue weighted by atomic mass is 16.8. The molecule has 3 saturated heterocycles. The lowest BCUT2D eigenvalue weighted by Crippen LogP contribution is -2.65. The van der Waals surface area contributed by atoms with Crippen molar-refractivity contribution in [2.75, 3.05) is 6.61 Å². The molecule has 15 nitrogen and oxygen atoms in total. The zero-order valence-electron chi connectivity index (χ0n) is 23.5. The smallest absolute Gasteiger partial charge is 0.187 e. The first kappa shape index (κ1) is 32.8. The Hall–Kier alpha value is -0.600. The van der Waals surface area contributed by atoms with Gasteiger partial charge < -0.3 is 74.7 Å². The lowest BCUT2D eigenvalue weighted by molar-refractivity contribution is -0.385. The van der Waals surface area contributed by atoms with Gasteiger partial charge in [-0.15, -0.1) is 0 Å². The third-order valence-corrected chi connectivity index (χ3v) is 9.80. The molecule has 5 rings (SSSR count). The van der Waals surface area contributed by atoms with Crippen LogP contribution in [0.4, 0.5) is 0 Å². The Morgan fingerprint density at radius 1 is 0.690 bits per heavy atom. The van der Waals surface area contributed by atoms with Gasteiger partial charge in [0.15, 0.2) is 24.8 Å². The number of ether oxygens (including phenoxy) is 5. The Morgan fingerprint density at radius 3 is 2.12 bits per heavy atom. The molecule has 0 amide bonds. The molecule has 3 aliphatic heterocycles. The summed E-state index contributed by atoms with van der Waals surface area (Å²) >= 11 is 0. The lowest BCUT2D eigenvalue weighted by atomic mass is 9.72. The van der Waals surface area contributed by atoms with Crippen LogP contribution in [0, 0.1) is 11.8 Å². The van der Waals surface area contributed by atoms with Gasteiger partial charge in [-0.05, 0) is 32.6 Å². The zero-order chi connectivity index (χ0) is 30.5. The monoisotopic (exact) mass is 611 g/mol. The number of aliphatic hydroxyl groups excluding tert-OH is 10. The molecule has 244 valence electrons. The highest BCUT2D eigenvalue weighted by molar-refractivity contribution is 4.99. The van der Waals surface area contributed by atoms with Crippen molar-refractivity contribution < 1.29 is 74.7 Å². The van der Waals surface area contributed by atoms with Crippen LogP contribution in [0.3, 0.4) is 0 Å². The quantitative estimate of drug-likeness (QED) is 0.127. The molecule has 0 aromatic rings. The molecular formula is C27H47O15+. The summed E-state index contributed by atoms with van der Waals surface area (Å²) in [4.78, 5) is 0. The van der Waals surface area contributed by atoms with Gasteiger partial charge in [-0.2, -0.15) is 0 Å². The number of hydrogen-bond donors (Lipinski definition) is 10. The van der Waals surface area contributed by atoms with Gasteiger partial charge in [0, 0.05) is 18.8 Å². The van der Waals surface area contributed by atoms with E-state index in [1.165, 1.54) is 6.92 Å². The van der Waals surface area contributed by atoms with Crippen LogP contribution in [-0.4, -0.2) is 167 Å². The molecule has 19 atom stereocenters. The average Bonchev–Trinajstić information content (AvgIpc) is 2.95. The maximum absolute atomic E-state index is 11.0. The van der Waals surface area contributed by atoms with Crippen LogP contribution in [0.2, 0.25) is 0 Å². The SMILES string of the molecule is C[C@@H]1O[C@@H](O[C@H]2[C@H](OC3CC4C(O)CC(O)CC4[OH+]C3C3CCC(O)C(O)C3)O[C@H](CO)[C@@H](O)[C@@H]2O)[C@H](O)[C@H](O)[C@H]1O. The molecule has 0 aromatic carbocycles. The van der Waals surface area contributed by atoms with Crippen LogP contribution < -0.4 is 0 Å². The Labute approximate surface area is 243 Å². The summed E-state index contributed by atoms with van der Waals surface area (Å²) in [5.41, 5.74) is 0. The molecule has 0 bridgehead atoms. The van der Waals surface area contributed by atoms with Crippen LogP contribution in [-0.2, 0) is 18.9 Å². The van der Waals surface area contributed by atoms with Crippen LogP contribution in [0.1, 0.15) is 45.4 Å². The molecular weight excluding hydrogens is 564 g/mol. The van der Waals surface area contributed by atoms with E-state index in [-0.39, 0.29) is 37.2 Å². The summed E-state index contributed by atoms with van der Waals surface area (Å²) in [6.45, 7) is 0.794. The number of rotatable bonds is 6. The van der Waals surface area contributed by atoms with Gasteiger partial charge in [0.1, 0.15) is 48.8 Å². The lowest BCUT2D eigenvalue weighted by Gasteiger charge is -2.49. The third-order valence-electron chi connectivity index (χ3n) is 9.80. The second-order valence-electron chi connectivity index (χ2n) is 12.7. The zero-order valence-corrected chi connectivity index (χ0v) is 23.5. The summed E-state index contributed by atoms with van der Waals surface area (Å²) in [5, 5.41) is 104. The molecule has 15 heteroatoms. The summed E-state index contributed by atoms with van der Waals surface area (Å²) in [6.07, 6.45) is -17.9. The van der Waals surface area contributed by atoms with Crippen molar-refractivity contribution in [2.24, 2.45) is 11.8 Å². The minimum Gasteiger partial charge on any atom is -0.427 e. The summed E-state index contributed by atoms with van der Waals surface area (Å²) in [5.74, 6) is -0.583. The van der Waals surface area contributed by atoms with E-state index in [2.05, 4.69) is 0 Å². The number of hydrogen-bond acceptors (Lipinski definition) is 14. The average molecular weight is 612 g/mol. The van der Waals surface area contributed by atoms with Crippen molar-refractivity contribution in [3.63, 3.8) is 0 Å². The van der Waals surface area contributed by atoms with E-state index in [1.54, 1.807) is 0 Å². The maximum atomic E-state index is 11.0. The third kappa shape index (κ3) is 6.52. The summed E-state index contributed by atoms with van der Waals surface area (Å²) in [6, 6.07) is 0. The highest BCUT2D eigenvalue weighted by Gasteiger charge is 2.56. The predicted molar refractivity (Wildman–Crippen MR) is 138 cm³/mol. The van der Waals surface area contributed by atoms with Crippen molar-refractivity contribution in [1.29, 1.82) is 0 Å². The largest absolute Gasteiger partial charge is 0.427 e. The Kier molecular flexibility index (Phi) is 10.5. The molecule has 11 N–H and O–H groups in total. The molecule has 9 unspecified atom stereocenters. The van der Waals surface area contributed by atoms with E-state index < -0.39 is 105 Å².